The maximum absolute atomic E-state index is 3.62. The monoisotopic (exact) mass is 267 g/mol. The van der Waals surface area contributed by atoms with E-state index >= 15 is 0 Å². The van der Waals surface area contributed by atoms with Gasteiger partial charge in [-0.15, -0.1) is 0 Å². The van der Waals surface area contributed by atoms with Crippen LogP contribution in [0, 0.1) is 27.7 Å². The molecule has 0 spiro atoms. The van der Waals surface area contributed by atoms with Gasteiger partial charge in [0, 0.05) is 0 Å². The molecule has 1 atom stereocenters. The highest BCUT2D eigenvalue weighted by molar-refractivity contribution is 5.41. The van der Waals surface area contributed by atoms with Crippen LogP contribution in [0.4, 0.5) is 0 Å². The molecule has 0 radical (unpaired) electrons. The van der Waals surface area contributed by atoms with E-state index in [-0.39, 0.29) is 6.04 Å². The summed E-state index contributed by atoms with van der Waals surface area (Å²) in [4.78, 5) is 0. The largest absolute Gasteiger partial charge is 0.307 e. The average Bonchev–Trinajstić information content (AvgIpc) is 2.40. The van der Waals surface area contributed by atoms with Crippen molar-refractivity contribution in [3.8, 4) is 0 Å². The molecule has 0 fully saturated rings. The van der Waals surface area contributed by atoms with Gasteiger partial charge in [0.2, 0.25) is 0 Å². The Hall–Kier alpha value is -1.60. The van der Waals surface area contributed by atoms with Crippen LogP contribution < -0.4 is 5.32 Å². The predicted molar refractivity (Wildman–Crippen MR) is 87.4 cm³/mol. The summed E-state index contributed by atoms with van der Waals surface area (Å²) >= 11 is 0. The second kappa shape index (κ2) is 6.23. The molecule has 0 aliphatic carbocycles. The summed E-state index contributed by atoms with van der Waals surface area (Å²) < 4.78 is 0. The van der Waals surface area contributed by atoms with Gasteiger partial charge in [-0.2, -0.15) is 0 Å². The Morgan fingerprint density at radius 3 is 2.20 bits per heavy atom. The van der Waals surface area contributed by atoms with Crippen LogP contribution in [0.2, 0.25) is 0 Å². The van der Waals surface area contributed by atoms with Gasteiger partial charge in [-0.05, 0) is 62.1 Å². The van der Waals surface area contributed by atoms with Gasteiger partial charge in [0.25, 0.3) is 0 Å². The van der Waals surface area contributed by atoms with Crippen LogP contribution >= 0.6 is 0 Å². The maximum Gasteiger partial charge on any atom is 0.0579 e. The Balaban J connectivity index is 2.47. The second-order valence-electron chi connectivity index (χ2n) is 5.69. The zero-order chi connectivity index (χ0) is 14.7. The molecule has 0 aliphatic rings. The van der Waals surface area contributed by atoms with Crippen LogP contribution in [0.25, 0.3) is 0 Å². The van der Waals surface area contributed by atoms with E-state index in [1.54, 1.807) is 0 Å². The third kappa shape index (κ3) is 3.10. The lowest BCUT2D eigenvalue weighted by atomic mass is 9.92. The fourth-order valence-corrected chi connectivity index (χ4v) is 2.71. The molecule has 0 bridgehead atoms. The molecule has 0 heterocycles. The Morgan fingerprint density at radius 1 is 0.850 bits per heavy atom. The lowest BCUT2D eigenvalue weighted by Gasteiger charge is -2.22. The Morgan fingerprint density at radius 2 is 1.60 bits per heavy atom. The van der Waals surface area contributed by atoms with Gasteiger partial charge in [0.1, 0.15) is 0 Å². The van der Waals surface area contributed by atoms with Gasteiger partial charge in [0.05, 0.1) is 6.04 Å². The smallest absolute Gasteiger partial charge is 0.0579 e. The molecular formula is C19H25N. The minimum Gasteiger partial charge on any atom is -0.307 e. The molecule has 0 amide bonds. The molecule has 0 saturated heterocycles. The lowest BCUT2D eigenvalue weighted by Crippen LogP contribution is -2.23. The first kappa shape index (κ1) is 14.8. The zero-order valence-corrected chi connectivity index (χ0v) is 13.2. The van der Waals surface area contributed by atoms with Crippen LogP contribution in [-0.4, -0.2) is 6.54 Å². The molecule has 2 aromatic rings. The highest BCUT2D eigenvalue weighted by atomic mass is 14.9. The summed E-state index contributed by atoms with van der Waals surface area (Å²) in [6, 6.07) is 13.8. The third-order valence-electron chi connectivity index (χ3n) is 4.01. The van der Waals surface area contributed by atoms with Crippen molar-refractivity contribution in [3.05, 3.63) is 69.8 Å². The Kier molecular flexibility index (Phi) is 4.61. The first-order chi connectivity index (χ1) is 9.52. The summed E-state index contributed by atoms with van der Waals surface area (Å²) in [5.41, 5.74) is 8.11. The van der Waals surface area contributed by atoms with Gasteiger partial charge in [0.15, 0.2) is 0 Å². The van der Waals surface area contributed by atoms with E-state index in [2.05, 4.69) is 76.3 Å². The van der Waals surface area contributed by atoms with Crippen molar-refractivity contribution in [2.75, 3.05) is 6.54 Å². The topological polar surface area (TPSA) is 12.0 Å². The van der Waals surface area contributed by atoms with Crippen molar-refractivity contribution in [2.24, 2.45) is 0 Å². The zero-order valence-electron chi connectivity index (χ0n) is 13.2. The van der Waals surface area contributed by atoms with Crippen molar-refractivity contribution in [1.29, 1.82) is 0 Å². The van der Waals surface area contributed by atoms with Gasteiger partial charge in [-0.3, -0.25) is 0 Å². The molecule has 0 saturated carbocycles. The number of benzene rings is 2. The normalized spacial score (nSPS) is 12.4. The van der Waals surface area contributed by atoms with E-state index < -0.39 is 0 Å². The molecular weight excluding hydrogens is 242 g/mol. The van der Waals surface area contributed by atoms with E-state index in [1.807, 2.05) is 0 Å². The van der Waals surface area contributed by atoms with Crippen LogP contribution in [0.15, 0.2) is 36.4 Å². The summed E-state index contributed by atoms with van der Waals surface area (Å²) in [5.74, 6) is 0. The van der Waals surface area contributed by atoms with Gasteiger partial charge in [-0.1, -0.05) is 48.9 Å². The van der Waals surface area contributed by atoms with E-state index in [9.17, 15) is 0 Å². The number of nitrogens with one attached hydrogen (secondary N) is 1. The number of hydrogen-bond donors (Lipinski definition) is 1. The lowest BCUT2D eigenvalue weighted by molar-refractivity contribution is 0.627. The fourth-order valence-electron chi connectivity index (χ4n) is 2.71. The standard InChI is InChI=1S/C19H25N/c1-6-20-19(17-9-8-14(3)15(4)12-17)18-10-7-13(2)11-16(18)5/h7-12,19-20H,6H2,1-5H3. The van der Waals surface area contributed by atoms with Crippen molar-refractivity contribution in [1.82, 2.24) is 5.32 Å². The molecule has 2 rings (SSSR count). The number of rotatable bonds is 4. The fraction of sp³-hybridized carbons (Fsp3) is 0.368. The first-order valence-corrected chi connectivity index (χ1v) is 7.40. The molecule has 1 heteroatoms. The third-order valence-corrected chi connectivity index (χ3v) is 4.01. The summed E-state index contributed by atoms with van der Waals surface area (Å²) in [6.45, 7) is 11.8. The quantitative estimate of drug-likeness (QED) is 0.852. The minimum atomic E-state index is 0.278. The predicted octanol–water partition coefficient (Wildman–Crippen LogP) is 4.62. The van der Waals surface area contributed by atoms with Crippen molar-refractivity contribution >= 4 is 0 Å². The van der Waals surface area contributed by atoms with Crippen molar-refractivity contribution in [3.63, 3.8) is 0 Å². The molecule has 20 heavy (non-hydrogen) atoms. The summed E-state index contributed by atoms with van der Waals surface area (Å²) in [7, 11) is 0. The number of aryl methyl sites for hydroxylation is 4. The molecule has 2 aromatic carbocycles. The van der Waals surface area contributed by atoms with Gasteiger partial charge >= 0.3 is 0 Å². The molecule has 0 aromatic heterocycles. The first-order valence-electron chi connectivity index (χ1n) is 7.40. The highest BCUT2D eigenvalue weighted by Crippen LogP contribution is 2.27. The van der Waals surface area contributed by atoms with E-state index in [0.29, 0.717) is 0 Å². The maximum atomic E-state index is 3.62. The molecule has 1 unspecified atom stereocenters. The SMILES string of the molecule is CCNC(c1ccc(C)c(C)c1)c1ccc(C)cc1C. The highest BCUT2D eigenvalue weighted by Gasteiger charge is 2.15. The summed E-state index contributed by atoms with van der Waals surface area (Å²) in [6.07, 6.45) is 0. The van der Waals surface area contributed by atoms with Crippen molar-refractivity contribution < 1.29 is 0 Å². The van der Waals surface area contributed by atoms with Crippen molar-refractivity contribution in [2.45, 2.75) is 40.7 Å². The van der Waals surface area contributed by atoms with E-state index in [0.717, 1.165) is 6.54 Å². The van der Waals surface area contributed by atoms with Crippen LogP contribution in [0.3, 0.4) is 0 Å². The van der Waals surface area contributed by atoms with E-state index in [4.69, 9.17) is 0 Å². The molecule has 1 nitrogen and oxygen atoms in total. The van der Waals surface area contributed by atoms with Crippen LogP contribution in [0.5, 0.6) is 0 Å². The average molecular weight is 267 g/mol. The Bertz CT molecular complexity index is 599. The van der Waals surface area contributed by atoms with Crippen LogP contribution in [0.1, 0.15) is 46.3 Å². The minimum absolute atomic E-state index is 0.278. The van der Waals surface area contributed by atoms with E-state index in [1.165, 1.54) is 33.4 Å². The number of hydrogen-bond acceptors (Lipinski definition) is 1. The molecule has 106 valence electrons. The van der Waals surface area contributed by atoms with Gasteiger partial charge in [-0.25, -0.2) is 0 Å². The summed E-state index contributed by atoms with van der Waals surface area (Å²) in [5, 5.41) is 3.62. The second-order valence-corrected chi connectivity index (χ2v) is 5.69. The molecule has 0 aliphatic heterocycles. The van der Waals surface area contributed by atoms with Crippen LogP contribution in [-0.2, 0) is 0 Å². The van der Waals surface area contributed by atoms with Gasteiger partial charge < -0.3 is 5.32 Å². The molecule has 1 N–H and O–H groups in total. The Labute approximate surface area is 123 Å².